The Morgan fingerprint density at radius 3 is 2.40 bits per heavy atom. The zero-order valence-corrected chi connectivity index (χ0v) is 19.9. The number of nitrogens with one attached hydrogen (secondary N) is 1. The Kier molecular flexibility index (Phi) is 9.66. The van der Waals surface area contributed by atoms with Crippen molar-refractivity contribution in [2.45, 2.75) is 46.2 Å². The first kappa shape index (κ1) is 24.2. The average Bonchev–Trinajstić information content (AvgIpc) is 2.75. The number of carbonyl (C=O) groups excluding carboxylic acids is 2. The van der Waals surface area contributed by atoms with Gasteiger partial charge >= 0.3 is 0 Å². The maximum atomic E-state index is 13.0. The highest BCUT2D eigenvalue weighted by Gasteiger charge is 2.26. The van der Waals surface area contributed by atoms with E-state index in [0.717, 1.165) is 22.9 Å². The molecule has 2 aromatic carbocycles. The van der Waals surface area contributed by atoms with Gasteiger partial charge in [0, 0.05) is 18.1 Å². The Bertz CT molecular complexity index is 858. The summed E-state index contributed by atoms with van der Waals surface area (Å²) in [6.07, 6.45) is 1.74. The van der Waals surface area contributed by atoms with Crippen molar-refractivity contribution in [1.82, 2.24) is 10.2 Å². The van der Waals surface area contributed by atoms with Crippen LogP contribution >= 0.6 is 27.5 Å². The van der Waals surface area contributed by atoms with E-state index in [4.69, 9.17) is 16.3 Å². The number of halogens is 2. The van der Waals surface area contributed by atoms with Crippen molar-refractivity contribution >= 4 is 39.3 Å². The SMILES string of the molecule is CCCNC(=O)C(C)N(Cc1ccc(Cl)cc1)C(=O)COc1ccc(CC)cc1Br. The van der Waals surface area contributed by atoms with Gasteiger partial charge in [-0.2, -0.15) is 0 Å². The summed E-state index contributed by atoms with van der Waals surface area (Å²) in [7, 11) is 0. The van der Waals surface area contributed by atoms with E-state index in [-0.39, 0.29) is 25.0 Å². The highest BCUT2D eigenvalue weighted by molar-refractivity contribution is 9.10. The second-order valence-electron chi connectivity index (χ2n) is 7.02. The summed E-state index contributed by atoms with van der Waals surface area (Å²) in [6.45, 7) is 6.48. The molecule has 1 N–H and O–H groups in total. The van der Waals surface area contributed by atoms with E-state index in [1.165, 1.54) is 10.5 Å². The molecule has 0 aliphatic carbocycles. The molecule has 2 aromatic rings. The molecule has 0 bridgehead atoms. The number of aryl methyl sites for hydroxylation is 1. The minimum atomic E-state index is -0.630. The summed E-state index contributed by atoms with van der Waals surface area (Å²) in [4.78, 5) is 27.1. The molecule has 30 heavy (non-hydrogen) atoms. The third kappa shape index (κ3) is 7.03. The second kappa shape index (κ2) is 12.0. The van der Waals surface area contributed by atoms with Crippen LogP contribution in [0.25, 0.3) is 0 Å². The van der Waals surface area contributed by atoms with Gasteiger partial charge in [0.05, 0.1) is 4.47 Å². The van der Waals surface area contributed by atoms with Crippen LogP contribution in [-0.2, 0) is 22.6 Å². The van der Waals surface area contributed by atoms with Crippen molar-refractivity contribution < 1.29 is 14.3 Å². The Morgan fingerprint density at radius 1 is 1.13 bits per heavy atom. The summed E-state index contributed by atoms with van der Waals surface area (Å²) in [5.74, 6) is 0.137. The van der Waals surface area contributed by atoms with Gasteiger partial charge in [-0.15, -0.1) is 0 Å². The van der Waals surface area contributed by atoms with Gasteiger partial charge in [0.1, 0.15) is 11.8 Å². The molecule has 0 aromatic heterocycles. The van der Waals surface area contributed by atoms with E-state index in [1.54, 1.807) is 19.1 Å². The summed E-state index contributed by atoms with van der Waals surface area (Å²) in [5.41, 5.74) is 2.06. The van der Waals surface area contributed by atoms with Gasteiger partial charge in [-0.25, -0.2) is 0 Å². The lowest BCUT2D eigenvalue weighted by molar-refractivity contribution is -0.142. The zero-order valence-electron chi connectivity index (χ0n) is 17.6. The minimum Gasteiger partial charge on any atom is -0.483 e. The van der Waals surface area contributed by atoms with E-state index >= 15 is 0 Å². The van der Waals surface area contributed by atoms with Crippen LogP contribution < -0.4 is 10.1 Å². The fourth-order valence-corrected chi connectivity index (χ4v) is 3.54. The second-order valence-corrected chi connectivity index (χ2v) is 8.31. The fourth-order valence-electron chi connectivity index (χ4n) is 2.87. The van der Waals surface area contributed by atoms with Crippen molar-refractivity contribution in [3.63, 3.8) is 0 Å². The molecular formula is C23H28BrClN2O3. The van der Waals surface area contributed by atoms with Crippen molar-refractivity contribution in [1.29, 1.82) is 0 Å². The monoisotopic (exact) mass is 494 g/mol. The predicted octanol–water partition coefficient (Wildman–Crippen LogP) is 4.99. The molecule has 0 spiro atoms. The van der Waals surface area contributed by atoms with Crippen LogP contribution in [0.1, 0.15) is 38.3 Å². The van der Waals surface area contributed by atoms with Crippen molar-refractivity contribution in [3.05, 3.63) is 63.1 Å². The van der Waals surface area contributed by atoms with Crippen LogP contribution in [0.4, 0.5) is 0 Å². The van der Waals surface area contributed by atoms with Gasteiger partial charge in [0.25, 0.3) is 5.91 Å². The Morgan fingerprint density at radius 2 is 1.80 bits per heavy atom. The minimum absolute atomic E-state index is 0.164. The van der Waals surface area contributed by atoms with Gasteiger partial charge in [0.2, 0.25) is 5.91 Å². The first-order valence-electron chi connectivity index (χ1n) is 10.1. The van der Waals surface area contributed by atoms with E-state index < -0.39 is 6.04 Å². The lowest BCUT2D eigenvalue weighted by atomic mass is 10.1. The van der Waals surface area contributed by atoms with Crippen molar-refractivity contribution in [3.8, 4) is 5.75 Å². The van der Waals surface area contributed by atoms with Gasteiger partial charge in [-0.05, 0) is 71.1 Å². The quantitative estimate of drug-likeness (QED) is 0.505. The summed E-state index contributed by atoms with van der Waals surface area (Å²) in [6, 6.07) is 12.4. The van der Waals surface area contributed by atoms with Crippen LogP contribution in [0, 0.1) is 0 Å². The third-order valence-electron chi connectivity index (χ3n) is 4.74. The molecule has 162 valence electrons. The third-order valence-corrected chi connectivity index (χ3v) is 5.61. The fraction of sp³-hybridized carbons (Fsp3) is 0.391. The number of hydrogen-bond donors (Lipinski definition) is 1. The largest absolute Gasteiger partial charge is 0.483 e. The molecule has 0 heterocycles. The van der Waals surface area contributed by atoms with Gasteiger partial charge in [0.15, 0.2) is 6.61 Å². The summed E-state index contributed by atoms with van der Waals surface area (Å²) >= 11 is 9.46. The first-order chi connectivity index (χ1) is 14.3. The molecular weight excluding hydrogens is 468 g/mol. The maximum absolute atomic E-state index is 13.0. The molecule has 5 nitrogen and oxygen atoms in total. The molecule has 1 unspecified atom stereocenters. The van der Waals surface area contributed by atoms with E-state index in [1.807, 2.05) is 37.3 Å². The van der Waals surface area contributed by atoms with Gasteiger partial charge < -0.3 is 15.0 Å². The number of amides is 2. The number of hydrogen-bond acceptors (Lipinski definition) is 3. The Hall–Kier alpha value is -2.05. The molecule has 2 rings (SSSR count). The first-order valence-corrected chi connectivity index (χ1v) is 11.3. The average molecular weight is 496 g/mol. The number of ether oxygens (including phenoxy) is 1. The normalized spacial score (nSPS) is 11.6. The molecule has 1 atom stereocenters. The van der Waals surface area contributed by atoms with E-state index in [9.17, 15) is 9.59 Å². The van der Waals surface area contributed by atoms with Crippen LogP contribution in [-0.4, -0.2) is 35.9 Å². The standard InChI is InChI=1S/C23H28BrClN2O3/c1-4-12-26-23(29)16(3)27(14-18-6-9-19(25)10-7-18)22(28)15-30-21-11-8-17(5-2)13-20(21)24/h6-11,13,16H,4-5,12,14-15H2,1-3H3,(H,26,29). The Labute approximate surface area is 191 Å². The van der Waals surface area contributed by atoms with Crippen LogP contribution in [0.3, 0.4) is 0 Å². The lowest BCUT2D eigenvalue weighted by Gasteiger charge is -2.28. The molecule has 7 heteroatoms. The summed E-state index contributed by atoms with van der Waals surface area (Å²) in [5, 5.41) is 3.48. The zero-order chi connectivity index (χ0) is 22.1. The van der Waals surface area contributed by atoms with Gasteiger partial charge in [-0.3, -0.25) is 9.59 Å². The number of benzene rings is 2. The lowest BCUT2D eigenvalue weighted by Crippen LogP contribution is -2.49. The maximum Gasteiger partial charge on any atom is 0.261 e. The molecule has 2 amide bonds. The molecule has 0 aliphatic heterocycles. The summed E-state index contributed by atoms with van der Waals surface area (Å²) < 4.78 is 6.55. The Balaban J connectivity index is 2.14. The molecule has 0 fully saturated rings. The van der Waals surface area contributed by atoms with Gasteiger partial charge in [-0.1, -0.05) is 43.6 Å². The van der Waals surface area contributed by atoms with Crippen LogP contribution in [0.15, 0.2) is 46.9 Å². The van der Waals surface area contributed by atoms with Crippen molar-refractivity contribution in [2.24, 2.45) is 0 Å². The van der Waals surface area contributed by atoms with E-state index in [0.29, 0.717) is 17.3 Å². The predicted molar refractivity (Wildman–Crippen MR) is 124 cm³/mol. The molecule has 0 aliphatic rings. The van der Waals surface area contributed by atoms with E-state index in [2.05, 4.69) is 28.2 Å². The number of nitrogens with zero attached hydrogens (tertiary/aromatic N) is 1. The molecule has 0 radical (unpaired) electrons. The van der Waals surface area contributed by atoms with Crippen LogP contribution in [0.2, 0.25) is 5.02 Å². The number of carbonyl (C=O) groups is 2. The molecule has 0 saturated carbocycles. The number of rotatable bonds is 10. The highest BCUT2D eigenvalue weighted by atomic mass is 79.9. The topological polar surface area (TPSA) is 58.6 Å². The smallest absolute Gasteiger partial charge is 0.261 e. The van der Waals surface area contributed by atoms with Crippen molar-refractivity contribution in [2.75, 3.05) is 13.2 Å². The highest BCUT2D eigenvalue weighted by Crippen LogP contribution is 2.26. The van der Waals surface area contributed by atoms with Crippen LogP contribution in [0.5, 0.6) is 5.75 Å². The molecule has 0 saturated heterocycles.